The van der Waals surface area contributed by atoms with Gasteiger partial charge in [0.2, 0.25) is 0 Å². The Bertz CT molecular complexity index is 450. The molecule has 84 valence electrons. The van der Waals surface area contributed by atoms with Gasteiger partial charge < -0.3 is 4.74 Å². The highest BCUT2D eigenvalue weighted by Crippen LogP contribution is 2.21. The fourth-order valence-electron chi connectivity index (χ4n) is 1.46. The maximum atomic E-state index is 5.13. The van der Waals surface area contributed by atoms with Gasteiger partial charge in [0.05, 0.1) is 7.11 Å². The molecule has 0 bridgehead atoms. The zero-order valence-corrected chi connectivity index (χ0v) is 10.2. The summed E-state index contributed by atoms with van der Waals surface area (Å²) < 4.78 is 7.21. The van der Waals surface area contributed by atoms with Crippen LogP contribution in [0.1, 0.15) is 6.92 Å². The predicted molar refractivity (Wildman–Crippen MR) is 66.5 cm³/mol. The van der Waals surface area contributed by atoms with Crippen molar-refractivity contribution in [3.05, 3.63) is 36.7 Å². The van der Waals surface area contributed by atoms with Crippen LogP contribution in [0.5, 0.6) is 5.75 Å². The molecule has 0 unspecified atom stereocenters. The fraction of sp³-hybridized carbons (Fsp3) is 0.250. The van der Waals surface area contributed by atoms with Crippen LogP contribution in [0.25, 0.3) is 5.69 Å². The molecule has 2 rings (SSSR count). The molecule has 1 heterocycles. The topological polar surface area (TPSA) is 27.1 Å². The van der Waals surface area contributed by atoms with Crippen molar-refractivity contribution in [3.63, 3.8) is 0 Å². The number of nitrogens with zero attached hydrogens (tertiary/aromatic N) is 2. The van der Waals surface area contributed by atoms with Crippen molar-refractivity contribution in [2.45, 2.75) is 12.1 Å². The van der Waals surface area contributed by atoms with Crippen LogP contribution in [0, 0.1) is 0 Å². The largest absolute Gasteiger partial charge is 0.497 e. The quantitative estimate of drug-likeness (QED) is 0.761. The van der Waals surface area contributed by atoms with Crippen LogP contribution in [-0.4, -0.2) is 22.4 Å². The smallest absolute Gasteiger partial charge is 0.172 e. The predicted octanol–water partition coefficient (Wildman–Crippen LogP) is 2.99. The van der Waals surface area contributed by atoms with Gasteiger partial charge in [0, 0.05) is 18.1 Å². The van der Waals surface area contributed by atoms with E-state index in [-0.39, 0.29) is 0 Å². The van der Waals surface area contributed by atoms with Gasteiger partial charge in [-0.1, -0.05) is 18.7 Å². The van der Waals surface area contributed by atoms with E-state index in [4.69, 9.17) is 4.74 Å². The Labute approximate surface area is 99.5 Å². The van der Waals surface area contributed by atoms with Crippen LogP contribution in [-0.2, 0) is 0 Å². The van der Waals surface area contributed by atoms with Crippen LogP contribution < -0.4 is 4.74 Å². The molecule has 4 heteroatoms. The molecule has 1 aromatic heterocycles. The Morgan fingerprint density at radius 1 is 1.31 bits per heavy atom. The van der Waals surface area contributed by atoms with Crippen LogP contribution in [0.3, 0.4) is 0 Å². The van der Waals surface area contributed by atoms with E-state index in [1.165, 1.54) is 0 Å². The number of imidazole rings is 1. The SMILES string of the molecule is CCSc1nccn1-c1ccc(OC)cc1. The molecule has 3 nitrogen and oxygen atoms in total. The number of methoxy groups -OCH3 is 1. The summed E-state index contributed by atoms with van der Waals surface area (Å²) >= 11 is 1.73. The second-order valence-electron chi connectivity index (χ2n) is 3.21. The average Bonchev–Trinajstić information content (AvgIpc) is 2.78. The number of hydrogen-bond donors (Lipinski definition) is 0. The van der Waals surface area contributed by atoms with Crippen molar-refractivity contribution in [1.82, 2.24) is 9.55 Å². The van der Waals surface area contributed by atoms with E-state index in [9.17, 15) is 0 Å². The van der Waals surface area contributed by atoms with Crippen molar-refractivity contribution >= 4 is 11.8 Å². The molecule has 1 aromatic carbocycles. The molecular weight excluding hydrogens is 220 g/mol. The van der Waals surface area contributed by atoms with E-state index in [0.717, 1.165) is 22.3 Å². The lowest BCUT2D eigenvalue weighted by molar-refractivity contribution is 0.414. The minimum Gasteiger partial charge on any atom is -0.497 e. The van der Waals surface area contributed by atoms with E-state index in [1.54, 1.807) is 18.9 Å². The summed E-state index contributed by atoms with van der Waals surface area (Å²) in [6, 6.07) is 7.96. The summed E-state index contributed by atoms with van der Waals surface area (Å²) in [6.07, 6.45) is 3.79. The first-order valence-electron chi connectivity index (χ1n) is 5.15. The van der Waals surface area contributed by atoms with Gasteiger partial charge in [-0.15, -0.1) is 0 Å². The summed E-state index contributed by atoms with van der Waals surface area (Å²) in [4.78, 5) is 4.32. The first kappa shape index (κ1) is 11.1. The van der Waals surface area contributed by atoms with Crippen LogP contribution >= 0.6 is 11.8 Å². The van der Waals surface area contributed by atoms with Gasteiger partial charge in [-0.25, -0.2) is 4.98 Å². The Hall–Kier alpha value is -1.42. The lowest BCUT2D eigenvalue weighted by atomic mass is 10.3. The molecule has 0 fully saturated rings. The van der Waals surface area contributed by atoms with Gasteiger partial charge in [-0.05, 0) is 30.0 Å². The van der Waals surface area contributed by atoms with Crippen LogP contribution in [0.15, 0.2) is 41.8 Å². The van der Waals surface area contributed by atoms with Crippen molar-refractivity contribution in [3.8, 4) is 11.4 Å². The van der Waals surface area contributed by atoms with Crippen LogP contribution in [0.2, 0.25) is 0 Å². The molecule has 0 amide bonds. The number of ether oxygens (including phenoxy) is 1. The monoisotopic (exact) mass is 234 g/mol. The van der Waals surface area contributed by atoms with Crippen molar-refractivity contribution in [2.24, 2.45) is 0 Å². The van der Waals surface area contributed by atoms with E-state index < -0.39 is 0 Å². The summed E-state index contributed by atoms with van der Waals surface area (Å²) in [5, 5.41) is 1.02. The van der Waals surface area contributed by atoms with Gasteiger partial charge in [0.25, 0.3) is 0 Å². The fourth-order valence-corrected chi connectivity index (χ4v) is 2.16. The minimum absolute atomic E-state index is 0.869. The minimum atomic E-state index is 0.869. The summed E-state index contributed by atoms with van der Waals surface area (Å²) in [7, 11) is 1.67. The van der Waals surface area contributed by atoms with Gasteiger partial charge in [-0.3, -0.25) is 4.57 Å². The molecule has 0 radical (unpaired) electrons. The lowest BCUT2D eigenvalue weighted by Crippen LogP contribution is -1.95. The Kier molecular flexibility index (Phi) is 3.51. The first-order chi connectivity index (χ1) is 7.85. The number of hydrogen-bond acceptors (Lipinski definition) is 3. The van der Waals surface area contributed by atoms with Gasteiger partial charge >= 0.3 is 0 Å². The maximum Gasteiger partial charge on any atom is 0.172 e. The average molecular weight is 234 g/mol. The van der Waals surface area contributed by atoms with Gasteiger partial charge in [0.1, 0.15) is 5.75 Å². The number of benzene rings is 1. The molecule has 0 saturated carbocycles. The number of thioether (sulfide) groups is 1. The third-order valence-corrected chi connectivity index (χ3v) is 3.08. The highest BCUT2D eigenvalue weighted by molar-refractivity contribution is 7.99. The van der Waals surface area contributed by atoms with Crippen molar-refractivity contribution in [2.75, 3.05) is 12.9 Å². The Morgan fingerprint density at radius 3 is 2.69 bits per heavy atom. The normalized spacial score (nSPS) is 10.4. The molecule has 0 aliphatic rings. The molecule has 0 saturated heterocycles. The zero-order chi connectivity index (χ0) is 11.4. The Morgan fingerprint density at radius 2 is 2.06 bits per heavy atom. The Balaban J connectivity index is 2.31. The highest BCUT2D eigenvalue weighted by Gasteiger charge is 2.04. The van der Waals surface area contributed by atoms with Gasteiger partial charge in [-0.2, -0.15) is 0 Å². The zero-order valence-electron chi connectivity index (χ0n) is 9.38. The molecule has 16 heavy (non-hydrogen) atoms. The maximum absolute atomic E-state index is 5.13. The third-order valence-electron chi connectivity index (χ3n) is 2.23. The van der Waals surface area contributed by atoms with E-state index >= 15 is 0 Å². The highest BCUT2D eigenvalue weighted by atomic mass is 32.2. The van der Waals surface area contributed by atoms with Crippen molar-refractivity contribution in [1.29, 1.82) is 0 Å². The van der Waals surface area contributed by atoms with Crippen molar-refractivity contribution < 1.29 is 4.74 Å². The number of rotatable bonds is 4. The first-order valence-corrected chi connectivity index (χ1v) is 6.14. The summed E-state index contributed by atoms with van der Waals surface area (Å²) in [5.41, 5.74) is 1.11. The van der Waals surface area contributed by atoms with E-state index in [2.05, 4.69) is 16.5 Å². The molecular formula is C12H14N2OS. The second-order valence-corrected chi connectivity index (χ2v) is 4.44. The third kappa shape index (κ3) is 2.22. The molecule has 0 aliphatic heterocycles. The molecule has 0 spiro atoms. The molecule has 0 atom stereocenters. The second kappa shape index (κ2) is 5.07. The van der Waals surface area contributed by atoms with Gasteiger partial charge in [0.15, 0.2) is 5.16 Å². The standard InChI is InChI=1S/C12H14N2OS/c1-3-16-12-13-8-9-14(12)10-4-6-11(15-2)7-5-10/h4-9H,3H2,1-2H3. The number of aromatic nitrogens is 2. The lowest BCUT2D eigenvalue weighted by Gasteiger charge is -2.07. The molecule has 0 N–H and O–H groups in total. The summed E-state index contributed by atoms with van der Waals surface area (Å²) in [5.74, 6) is 1.89. The molecule has 2 aromatic rings. The molecule has 0 aliphatic carbocycles. The van der Waals surface area contributed by atoms with E-state index in [1.807, 2.05) is 36.7 Å². The summed E-state index contributed by atoms with van der Waals surface area (Å²) in [6.45, 7) is 2.12. The van der Waals surface area contributed by atoms with E-state index in [0.29, 0.717) is 0 Å². The van der Waals surface area contributed by atoms with Crippen LogP contribution in [0.4, 0.5) is 0 Å².